The van der Waals surface area contributed by atoms with E-state index >= 15 is 0 Å². The molecule has 1 aliphatic heterocycles. The minimum atomic E-state index is -0.637. The third kappa shape index (κ3) is 4.74. The number of aryl methyl sites for hydroxylation is 2. The number of thioether (sulfide) groups is 1. The van der Waals surface area contributed by atoms with Crippen molar-refractivity contribution in [3.8, 4) is 0 Å². The fraction of sp³-hybridized carbons (Fsp3) is 0.471. The van der Waals surface area contributed by atoms with E-state index in [1.54, 1.807) is 6.92 Å². The van der Waals surface area contributed by atoms with Crippen molar-refractivity contribution in [2.75, 3.05) is 17.7 Å². The van der Waals surface area contributed by atoms with Gasteiger partial charge in [-0.15, -0.1) is 11.8 Å². The number of carbonyl (C=O) groups excluding carboxylic acids is 3. The highest BCUT2D eigenvalue weighted by Gasteiger charge is 2.34. The lowest BCUT2D eigenvalue weighted by atomic mass is 10.1. The number of anilines is 1. The van der Waals surface area contributed by atoms with Crippen molar-refractivity contribution >= 4 is 35.2 Å². The van der Waals surface area contributed by atoms with Gasteiger partial charge in [-0.1, -0.05) is 6.07 Å². The van der Waals surface area contributed by atoms with Crippen LogP contribution in [-0.4, -0.2) is 41.4 Å². The zero-order valence-electron chi connectivity index (χ0n) is 14.0. The van der Waals surface area contributed by atoms with Gasteiger partial charge in [0, 0.05) is 17.9 Å². The number of rotatable bonds is 5. The van der Waals surface area contributed by atoms with Crippen LogP contribution in [0.25, 0.3) is 0 Å². The molecule has 24 heavy (non-hydrogen) atoms. The monoisotopic (exact) mass is 350 g/mol. The number of hydrogen-bond acceptors (Lipinski definition) is 5. The molecular weight excluding hydrogens is 328 g/mol. The standard InChI is InChI=1S/C17H22N2O4S/c1-4-23-17(22)13-9-24-14(16(21)19-13)8-15(20)18-12-6-5-10(2)11(3)7-12/h5-7,13-14H,4,8-9H2,1-3H3,(H,18,20)(H,19,21)/t13-,14+/m1/s1. The largest absolute Gasteiger partial charge is 0.464 e. The molecule has 0 unspecified atom stereocenters. The Balaban J connectivity index is 1.87. The molecule has 1 aromatic rings. The Labute approximate surface area is 145 Å². The predicted molar refractivity (Wildman–Crippen MR) is 94.0 cm³/mol. The molecule has 2 N–H and O–H groups in total. The molecule has 2 rings (SSSR count). The highest BCUT2D eigenvalue weighted by molar-refractivity contribution is 8.00. The second-order valence-corrected chi connectivity index (χ2v) is 6.92. The van der Waals surface area contributed by atoms with Crippen LogP contribution in [0.5, 0.6) is 0 Å². The molecule has 1 saturated heterocycles. The quantitative estimate of drug-likeness (QED) is 0.791. The first-order chi connectivity index (χ1) is 11.4. The summed E-state index contributed by atoms with van der Waals surface area (Å²) in [6.07, 6.45) is 0.0684. The van der Waals surface area contributed by atoms with Gasteiger partial charge in [0.05, 0.1) is 11.9 Å². The molecule has 0 bridgehead atoms. The van der Waals surface area contributed by atoms with E-state index in [1.807, 2.05) is 32.0 Å². The van der Waals surface area contributed by atoms with Gasteiger partial charge in [0.2, 0.25) is 11.8 Å². The van der Waals surface area contributed by atoms with Gasteiger partial charge in [0.1, 0.15) is 6.04 Å². The van der Waals surface area contributed by atoms with Gasteiger partial charge >= 0.3 is 5.97 Å². The van der Waals surface area contributed by atoms with Crippen LogP contribution < -0.4 is 10.6 Å². The minimum absolute atomic E-state index is 0.0684. The Bertz CT molecular complexity index is 647. The fourth-order valence-electron chi connectivity index (χ4n) is 2.32. The van der Waals surface area contributed by atoms with Crippen LogP contribution in [-0.2, 0) is 19.1 Å². The number of ether oxygens (including phenoxy) is 1. The van der Waals surface area contributed by atoms with E-state index in [-0.39, 0.29) is 24.8 Å². The van der Waals surface area contributed by atoms with Crippen molar-refractivity contribution in [2.24, 2.45) is 0 Å². The lowest BCUT2D eigenvalue weighted by Gasteiger charge is -2.27. The van der Waals surface area contributed by atoms with E-state index in [4.69, 9.17) is 4.74 Å². The van der Waals surface area contributed by atoms with Gasteiger partial charge in [-0.3, -0.25) is 9.59 Å². The van der Waals surface area contributed by atoms with Crippen LogP contribution in [0.3, 0.4) is 0 Å². The summed E-state index contributed by atoms with van der Waals surface area (Å²) >= 11 is 1.30. The second kappa shape index (κ2) is 8.19. The van der Waals surface area contributed by atoms with Gasteiger partial charge in [0.25, 0.3) is 0 Å². The van der Waals surface area contributed by atoms with E-state index in [0.29, 0.717) is 11.4 Å². The van der Waals surface area contributed by atoms with Crippen LogP contribution in [0.4, 0.5) is 5.69 Å². The van der Waals surface area contributed by atoms with Crippen molar-refractivity contribution in [1.29, 1.82) is 0 Å². The molecular formula is C17H22N2O4S. The third-order valence-corrected chi connectivity index (χ3v) is 5.11. The molecule has 0 radical (unpaired) electrons. The van der Waals surface area contributed by atoms with E-state index in [1.165, 1.54) is 11.8 Å². The molecule has 1 heterocycles. The Morgan fingerprint density at radius 1 is 1.33 bits per heavy atom. The van der Waals surface area contributed by atoms with Gasteiger partial charge in [0.15, 0.2) is 0 Å². The fourth-order valence-corrected chi connectivity index (χ4v) is 3.45. The summed E-state index contributed by atoms with van der Waals surface area (Å²) in [5, 5.41) is 4.93. The lowest BCUT2D eigenvalue weighted by molar-refractivity contribution is -0.146. The average molecular weight is 350 g/mol. The summed E-state index contributed by atoms with van der Waals surface area (Å²) in [5.41, 5.74) is 2.96. The number of amides is 2. The summed E-state index contributed by atoms with van der Waals surface area (Å²) in [5.74, 6) is -0.553. The van der Waals surface area contributed by atoms with E-state index < -0.39 is 17.3 Å². The minimum Gasteiger partial charge on any atom is -0.464 e. The Morgan fingerprint density at radius 3 is 2.71 bits per heavy atom. The van der Waals surface area contributed by atoms with Gasteiger partial charge < -0.3 is 15.4 Å². The van der Waals surface area contributed by atoms with Crippen molar-refractivity contribution in [3.63, 3.8) is 0 Å². The van der Waals surface area contributed by atoms with Crippen molar-refractivity contribution in [3.05, 3.63) is 29.3 Å². The molecule has 6 nitrogen and oxygen atoms in total. The zero-order valence-corrected chi connectivity index (χ0v) is 14.9. The zero-order chi connectivity index (χ0) is 17.7. The van der Waals surface area contributed by atoms with Gasteiger partial charge in [-0.2, -0.15) is 0 Å². The molecule has 2 amide bonds. The molecule has 7 heteroatoms. The molecule has 0 saturated carbocycles. The van der Waals surface area contributed by atoms with Crippen LogP contribution in [0.15, 0.2) is 18.2 Å². The predicted octanol–water partition coefficient (Wildman–Crippen LogP) is 1.80. The highest BCUT2D eigenvalue weighted by atomic mass is 32.2. The van der Waals surface area contributed by atoms with Crippen LogP contribution in [0.1, 0.15) is 24.5 Å². The Kier molecular flexibility index (Phi) is 6.25. The molecule has 130 valence electrons. The average Bonchev–Trinajstić information content (AvgIpc) is 2.53. The van der Waals surface area contributed by atoms with Crippen molar-refractivity contribution in [1.82, 2.24) is 5.32 Å². The molecule has 1 aliphatic rings. The van der Waals surface area contributed by atoms with E-state index in [9.17, 15) is 14.4 Å². The number of esters is 1. The summed E-state index contributed by atoms with van der Waals surface area (Å²) < 4.78 is 4.90. The lowest BCUT2D eigenvalue weighted by Crippen LogP contribution is -2.51. The van der Waals surface area contributed by atoms with Crippen molar-refractivity contribution < 1.29 is 19.1 Å². The third-order valence-electron chi connectivity index (χ3n) is 3.81. The summed E-state index contributed by atoms with van der Waals surface area (Å²) in [4.78, 5) is 35.9. The maximum Gasteiger partial charge on any atom is 0.329 e. The maximum atomic E-state index is 12.1. The Morgan fingerprint density at radius 2 is 2.08 bits per heavy atom. The number of hydrogen-bond donors (Lipinski definition) is 2. The van der Waals surface area contributed by atoms with Gasteiger partial charge in [-0.05, 0) is 44.0 Å². The first-order valence-electron chi connectivity index (χ1n) is 7.86. The normalized spacial score (nSPS) is 20.2. The first-order valence-corrected chi connectivity index (χ1v) is 8.91. The molecule has 0 aromatic heterocycles. The SMILES string of the molecule is CCOC(=O)[C@H]1CS[C@@H](CC(=O)Nc2ccc(C)c(C)c2)C(=O)N1. The Hall–Kier alpha value is -2.02. The van der Waals surface area contributed by atoms with Crippen molar-refractivity contribution in [2.45, 2.75) is 38.5 Å². The summed E-state index contributed by atoms with van der Waals surface area (Å²) in [6, 6.07) is 5.04. The smallest absolute Gasteiger partial charge is 0.329 e. The molecule has 1 fully saturated rings. The van der Waals surface area contributed by atoms with Gasteiger partial charge in [-0.25, -0.2) is 4.79 Å². The number of benzene rings is 1. The van der Waals surface area contributed by atoms with E-state index in [2.05, 4.69) is 10.6 Å². The van der Waals surface area contributed by atoms with Crippen LogP contribution >= 0.6 is 11.8 Å². The highest BCUT2D eigenvalue weighted by Crippen LogP contribution is 2.22. The number of carbonyl (C=O) groups is 3. The summed E-state index contributed by atoms with van der Waals surface area (Å²) in [7, 11) is 0. The molecule has 1 aromatic carbocycles. The summed E-state index contributed by atoms with van der Waals surface area (Å²) in [6.45, 7) is 5.97. The molecule has 2 atom stereocenters. The molecule has 0 spiro atoms. The van der Waals surface area contributed by atoms with Crippen LogP contribution in [0.2, 0.25) is 0 Å². The second-order valence-electron chi connectivity index (χ2n) is 5.69. The topological polar surface area (TPSA) is 84.5 Å². The number of nitrogens with one attached hydrogen (secondary N) is 2. The van der Waals surface area contributed by atoms with E-state index in [0.717, 1.165) is 11.1 Å². The molecule has 0 aliphatic carbocycles. The first kappa shape index (κ1) is 18.3. The van der Waals surface area contributed by atoms with Crippen LogP contribution in [0, 0.1) is 13.8 Å². The maximum absolute atomic E-state index is 12.1.